The predicted molar refractivity (Wildman–Crippen MR) is 71.3 cm³/mol. The second-order valence-corrected chi connectivity index (χ2v) is 5.10. The fourth-order valence-electron chi connectivity index (χ4n) is 2.28. The van der Waals surface area contributed by atoms with Crippen LogP contribution in [0.3, 0.4) is 0 Å². The number of ether oxygens (including phenoxy) is 1. The van der Waals surface area contributed by atoms with Crippen molar-refractivity contribution in [1.29, 1.82) is 0 Å². The largest absolute Gasteiger partial charge is 0.381 e. The average molecular weight is 247 g/mol. The van der Waals surface area contributed by atoms with Crippen LogP contribution in [0.4, 0.5) is 0 Å². The zero-order chi connectivity index (χ0) is 13.1. The highest BCUT2D eigenvalue weighted by atomic mass is 16.5. The van der Waals surface area contributed by atoms with Gasteiger partial charge in [0.05, 0.1) is 18.6 Å². The Kier molecular flexibility index (Phi) is 4.02. The normalized spacial score (nSPS) is 20.7. The van der Waals surface area contributed by atoms with E-state index < -0.39 is 0 Å². The molecule has 0 aliphatic carbocycles. The van der Waals surface area contributed by atoms with Gasteiger partial charge in [-0.3, -0.25) is 4.79 Å². The molecule has 2 rings (SSSR count). The molecule has 18 heavy (non-hydrogen) atoms. The Bertz CT molecular complexity index is 407. The van der Waals surface area contributed by atoms with Gasteiger partial charge in [-0.1, -0.05) is 29.8 Å². The average Bonchev–Trinajstić information content (AvgIpc) is 2.91. The van der Waals surface area contributed by atoms with E-state index in [0.29, 0.717) is 13.2 Å². The molecule has 0 radical (unpaired) electrons. The van der Waals surface area contributed by atoms with Gasteiger partial charge >= 0.3 is 0 Å². The molecule has 1 aromatic rings. The zero-order valence-corrected chi connectivity index (χ0v) is 11.3. The van der Waals surface area contributed by atoms with Crippen molar-refractivity contribution >= 4 is 5.91 Å². The molecule has 0 N–H and O–H groups in total. The molecule has 0 saturated carbocycles. The fourth-order valence-corrected chi connectivity index (χ4v) is 2.28. The SMILES string of the molecule is Cc1ccc(C(C)N(C)C(=O)C2CCOC2)cc1. The van der Waals surface area contributed by atoms with Gasteiger partial charge < -0.3 is 9.64 Å². The summed E-state index contributed by atoms with van der Waals surface area (Å²) in [6.45, 7) is 5.42. The molecule has 0 bridgehead atoms. The molecule has 1 heterocycles. The Balaban J connectivity index is 2.05. The maximum Gasteiger partial charge on any atom is 0.228 e. The minimum Gasteiger partial charge on any atom is -0.381 e. The molecule has 2 atom stereocenters. The summed E-state index contributed by atoms with van der Waals surface area (Å²) in [5, 5.41) is 0. The number of hydrogen-bond acceptors (Lipinski definition) is 2. The summed E-state index contributed by atoms with van der Waals surface area (Å²) in [7, 11) is 1.88. The Morgan fingerprint density at radius 2 is 2.06 bits per heavy atom. The minimum atomic E-state index is 0.0444. The van der Waals surface area contributed by atoms with Crippen LogP contribution in [0.5, 0.6) is 0 Å². The van der Waals surface area contributed by atoms with Crippen LogP contribution in [0.15, 0.2) is 24.3 Å². The van der Waals surface area contributed by atoms with Crippen molar-refractivity contribution in [2.45, 2.75) is 26.3 Å². The first-order chi connectivity index (χ1) is 8.59. The number of nitrogens with zero attached hydrogens (tertiary/aromatic N) is 1. The van der Waals surface area contributed by atoms with Gasteiger partial charge in [0, 0.05) is 13.7 Å². The third-order valence-electron chi connectivity index (χ3n) is 3.77. The number of rotatable bonds is 3. The van der Waals surface area contributed by atoms with Gasteiger partial charge in [-0.25, -0.2) is 0 Å². The second kappa shape index (κ2) is 5.53. The smallest absolute Gasteiger partial charge is 0.228 e. The van der Waals surface area contributed by atoms with E-state index >= 15 is 0 Å². The number of amides is 1. The van der Waals surface area contributed by atoms with Crippen LogP contribution in [-0.2, 0) is 9.53 Å². The predicted octanol–water partition coefficient (Wildman–Crippen LogP) is 2.55. The van der Waals surface area contributed by atoms with Crippen LogP contribution in [0.25, 0.3) is 0 Å². The van der Waals surface area contributed by atoms with Crippen molar-refractivity contribution in [3.63, 3.8) is 0 Å². The number of carbonyl (C=O) groups is 1. The van der Waals surface area contributed by atoms with Gasteiger partial charge in [0.2, 0.25) is 5.91 Å². The molecule has 2 unspecified atom stereocenters. The summed E-state index contributed by atoms with van der Waals surface area (Å²) in [5.41, 5.74) is 2.42. The molecule has 0 spiro atoms. The van der Waals surface area contributed by atoms with E-state index in [1.54, 1.807) is 0 Å². The summed E-state index contributed by atoms with van der Waals surface area (Å²) >= 11 is 0. The summed E-state index contributed by atoms with van der Waals surface area (Å²) < 4.78 is 5.28. The number of carbonyl (C=O) groups excluding carboxylic acids is 1. The van der Waals surface area contributed by atoms with Gasteiger partial charge in [-0.2, -0.15) is 0 Å². The van der Waals surface area contributed by atoms with Crippen molar-refractivity contribution < 1.29 is 9.53 Å². The van der Waals surface area contributed by atoms with Crippen molar-refractivity contribution in [2.75, 3.05) is 20.3 Å². The zero-order valence-electron chi connectivity index (χ0n) is 11.3. The molecule has 1 aliphatic heterocycles. The molecule has 1 aromatic carbocycles. The molecule has 0 aromatic heterocycles. The lowest BCUT2D eigenvalue weighted by molar-refractivity contribution is -0.136. The highest BCUT2D eigenvalue weighted by Gasteiger charge is 2.28. The number of hydrogen-bond donors (Lipinski definition) is 0. The number of benzene rings is 1. The highest BCUT2D eigenvalue weighted by Crippen LogP contribution is 2.23. The van der Waals surface area contributed by atoms with E-state index in [-0.39, 0.29) is 17.9 Å². The molecule has 1 aliphatic rings. The summed E-state index contributed by atoms with van der Waals surface area (Å²) in [6, 6.07) is 8.47. The first kappa shape index (κ1) is 13.1. The van der Waals surface area contributed by atoms with Crippen LogP contribution < -0.4 is 0 Å². The summed E-state index contributed by atoms with van der Waals surface area (Å²) in [4.78, 5) is 14.1. The van der Waals surface area contributed by atoms with Gasteiger partial charge in [-0.15, -0.1) is 0 Å². The highest BCUT2D eigenvalue weighted by molar-refractivity contribution is 5.79. The minimum absolute atomic E-state index is 0.0444. The third kappa shape index (κ3) is 2.72. The van der Waals surface area contributed by atoms with Crippen molar-refractivity contribution in [1.82, 2.24) is 4.90 Å². The lowest BCUT2D eigenvalue weighted by Crippen LogP contribution is -2.35. The van der Waals surface area contributed by atoms with Gasteiger partial charge in [0.25, 0.3) is 0 Å². The molecule has 3 nitrogen and oxygen atoms in total. The summed E-state index contributed by atoms with van der Waals surface area (Å²) in [6.07, 6.45) is 0.851. The van der Waals surface area contributed by atoms with Crippen LogP contribution in [-0.4, -0.2) is 31.1 Å². The lowest BCUT2D eigenvalue weighted by Gasteiger charge is -2.27. The van der Waals surface area contributed by atoms with Crippen molar-refractivity contribution in [3.8, 4) is 0 Å². The third-order valence-corrected chi connectivity index (χ3v) is 3.77. The molecule has 3 heteroatoms. The van der Waals surface area contributed by atoms with E-state index in [0.717, 1.165) is 6.42 Å². The first-order valence-corrected chi connectivity index (χ1v) is 6.50. The van der Waals surface area contributed by atoms with Gasteiger partial charge in [0.1, 0.15) is 0 Å². The second-order valence-electron chi connectivity index (χ2n) is 5.10. The molecule has 1 amide bonds. The fraction of sp³-hybridized carbons (Fsp3) is 0.533. The van der Waals surface area contributed by atoms with Gasteiger partial charge in [-0.05, 0) is 25.8 Å². The maximum atomic E-state index is 12.3. The first-order valence-electron chi connectivity index (χ1n) is 6.50. The van der Waals surface area contributed by atoms with E-state index in [1.807, 2.05) is 11.9 Å². The van der Waals surface area contributed by atoms with E-state index in [9.17, 15) is 4.79 Å². The van der Waals surface area contributed by atoms with E-state index in [1.165, 1.54) is 11.1 Å². The molecule has 98 valence electrons. The van der Waals surface area contributed by atoms with Gasteiger partial charge in [0.15, 0.2) is 0 Å². The quantitative estimate of drug-likeness (QED) is 0.821. The Morgan fingerprint density at radius 1 is 1.39 bits per heavy atom. The molecule has 1 saturated heterocycles. The van der Waals surface area contributed by atoms with Crippen LogP contribution >= 0.6 is 0 Å². The van der Waals surface area contributed by atoms with E-state index in [4.69, 9.17) is 4.74 Å². The van der Waals surface area contributed by atoms with Crippen molar-refractivity contribution in [3.05, 3.63) is 35.4 Å². The Hall–Kier alpha value is -1.35. The van der Waals surface area contributed by atoms with Crippen LogP contribution in [0, 0.1) is 12.8 Å². The van der Waals surface area contributed by atoms with Crippen LogP contribution in [0.2, 0.25) is 0 Å². The molecular weight excluding hydrogens is 226 g/mol. The summed E-state index contributed by atoms with van der Waals surface area (Å²) in [5.74, 6) is 0.239. The number of aryl methyl sites for hydroxylation is 1. The van der Waals surface area contributed by atoms with E-state index in [2.05, 4.69) is 38.1 Å². The lowest BCUT2D eigenvalue weighted by atomic mass is 10.0. The molecule has 1 fully saturated rings. The monoisotopic (exact) mass is 247 g/mol. The maximum absolute atomic E-state index is 12.3. The van der Waals surface area contributed by atoms with Crippen molar-refractivity contribution in [2.24, 2.45) is 5.92 Å². The Morgan fingerprint density at radius 3 is 2.61 bits per heavy atom. The van der Waals surface area contributed by atoms with Crippen LogP contribution in [0.1, 0.15) is 30.5 Å². The Labute approximate surface area is 109 Å². The topological polar surface area (TPSA) is 29.5 Å². The molecular formula is C15H21NO2. The standard InChI is InChI=1S/C15H21NO2/c1-11-4-6-13(7-5-11)12(2)16(3)15(17)14-8-9-18-10-14/h4-7,12,14H,8-10H2,1-3H3.